The molecule has 1 fully saturated rings. The molecule has 1 N–H and O–H groups in total. The van der Waals surface area contributed by atoms with Gasteiger partial charge in [0.05, 0.1) is 24.8 Å². The molecular weight excluding hydrogens is 292 g/mol. The Morgan fingerprint density at radius 1 is 1.17 bits per heavy atom. The molecule has 5 nitrogen and oxygen atoms in total. The lowest BCUT2D eigenvalue weighted by molar-refractivity contribution is 0.0933. The summed E-state index contributed by atoms with van der Waals surface area (Å²) in [6.07, 6.45) is 0. The van der Waals surface area contributed by atoms with E-state index in [0.717, 1.165) is 30.3 Å². The van der Waals surface area contributed by atoms with Crippen molar-refractivity contribution < 1.29 is 13.9 Å². The molecule has 5 heteroatoms. The van der Waals surface area contributed by atoms with Crippen molar-refractivity contribution in [2.75, 3.05) is 31.2 Å². The summed E-state index contributed by atoms with van der Waals surface area (Å²) in [5.74, 6) is 1.52. The highest BCUT2D eigenvalue weighted by molar-refractivity contribution is 6.00. The third kappa shape index (κ3) is 3.56. The van der Waals surface area contributed by atoms with Crippen LogP contribution in [0.3, 0.4) is 0 Å². The van der Waals surface area contributed by atoms with E-state index in [1.165, 1.54) is 0 Å². The molecule has 1 amide bonds. The fraction of sp³-hybridized carbons (Fsp3) is 0.389. The van der Waals surface area contributed by atoms with Gasteiger partial charge in [0.2, 0.25) is 0 Å². The van der Waals surface area contributed by atoms with Crippen molar-refractivity contribution in [3.63, 3.8) is 0 Å². The molecule has 1 aliphatic heterocycles. The van der Waals surface area contributed by atoms with Gasteiger partial charge in [-0.25, -0.2) is 0 Å². The van der Waals surface area contributed by atoms with Crippen LogP contribution in [-0.2, 0) is 4.74 Å². The Labute approximate surface area is 136 Å². The molecule has 0 radical (unpaired) electrons. The summed E-state index contributed by atoms with van der Waals surface area (Å²) in [6, 6.07) is 11.3. The minimum Gasteiger partial charge on any atom is -0.464 e. The molecule has 1 aliphatic rings. The zero-order valence-electron chi connectivity index (χ0n) is 13.5. The van der Waals surface area contributed by atoms with Crippen LogP contribution in [-0.4, -0.2) is 32.2 Å². The number of hydrogen-bond donors (Lipinski definition) is 1. The number of amides is 1. The van der Waals surface area contributed by atoms with Gasteiger partial charge < -0.3 is 19.4 Å². The molecule has 1 aromatic carbocycles. The van der Waals surface area contributed by atoms with E-state index < -0.39 is 0 Å². The summed E-state index contributed by atoms with van der Waals surface area (Å²) < 4.78 is 11.0. The van der Waals surface area contributed by atoms with Crippen LogP contribution in [0.15, 0.2) is 40.8 Å². The highest BCUT2D eigenvalue weighted by Crippen LogP contribution is 2.23. The summed E-state index contributed by atoms with van der Waals surface area (Å²) >= 11 is 0. The average Bonchev–Trinajstić information content (AvgIpc) is 3.02. The lowest BCUT2D eigenvalue weighted by Gasteiger charge is -2.30. The maximum absolute atomic E-state index is 12.7. The van der Waals surface area contributed by atoms with Crippen molar-refractivity contribution in [1.29, 1.82) is 0 Å². The minimum atomic E-state index is -0.172. The van der Waals surface area contributed by atoms with E-state index in [1.807, 2.05) is 50.2 Å². The summed E-state index contributed by atoms with van der Waals surface area (Å²) in [6.45, 7) is 6.81. The van der Waals surface area contributed by atoms with E-state index in [4.69, 9.17) is 9.15 Å². The maximum Gasteiger partial charge on any atom is 0.253 e. The number of carbonyl (C=O) groups is 1. The summed E-state index contributed by atoms with van der Waals surface area (Å²) in [5, 5.41) is 3.01. The molecule has 1 aromatic heterocycles. The lowest BCUT2D eigenvalue weighted by atomic mass is 10.1. The van der Waals surface area contributed by atoms with Gasteiger partial charge in [0.1, 0.15) is 11.5 Å². The molecule has 3 rings (SSSR count). The minimum absolute atomic E-state index is 0.0892. The highest BCUT2D eigenvalue weighted by atomic mass is 16.5. The van der Waals surface area contributed by atoms with Crippen LogP contribution in [0.5, 0.6) is 0 Å². The number of nitrogens with zero attached hydrogens (tertiary/aromatic N) is 1. The second kappa shape index (κ2) is 6.87. The first-order chi connectivity index (χ1) is 11.1. The lowest BCUT2D eigenvalue weighted by Crippen LogP contribution is -2.38. The number of rotatable bonds is 4. The summed E-state index contributed by atoms with van der Waals surface area (Å²) in [5.41, 5.74) is 1.64. The Morgan fingerprint density at radius 2 is 1.91 bits per heavy atom. The largest absolute Gasteiger partial charge is 0.464 e. The zero-order valence-corrected chi connectivity index (χ0v) is 13.5. The second-order valence-corrected chi connectivity index (χ2v) is 5.76. The predicted molar refractivity (Wildman–Crippen MR) is 88.8 cm³/mol. The molecule has 122 valence electrons. The van der Waals surface area contributed by atoms with Crippen molar-refractivity contribution in [1.82, 2.24) is 5.32 Å². The normalized spacial score (nSPS) is 16.2. The van der Waals surface area contributed by atoms with Crippen LogP contribution in [0.2, 0.25) is 0 Å². The van der Waals surface area contributed by atoms with Crippen LogP contribution in [0, 0.1) is 6.92 Å². The Morgan fingerprint density at radius 3 is 2.61 bits per heavy atom. The first-order valence-electron chi connectivity index (χ1n) is 7.94. The van der Waals surface area contributed by atoms with Gasteiger partial charge in [-0.2, -0.15) is 0 Å². The van der Waals surface area contributed by atoms with E-state index in [0.29, 0.717) is 18.8 Å². The van der Waals surface area contributed by atoms with Gasteiger partial charge in [0.15, 0.2) is 0 Å². The number of hydrogen-bond acceptors (Lipinski definition) is 4. The van der Waals surface area contributed by atoms with Crippen LogP contribution in [0.1, 0.15) is 34.8 Å². The maximum atomic E-state index is 12.7. The third-order valence-electron chi connectivity index (χ3n) is 4.04. The van der Waals surface area contributed by atoms with Crippen LogP contribution >= 0.6 is 0 Å². The Kier molecular flexibility index (Phi) is 4.67. The number of carbonyl (C=O) groups excluding carboxylic acids is 1. The van der Waals surface area contributed by atoms with Crippen LogP contribution in [0.25, 0.3) is 0 Å². The molecule has 0 saturated carbocycles. The number of benzene rings is 1. The molecule has 0 aliphatic carbocycles. The standard InChI is InChI=1S/C18H22N2O3/c1-13-7-8-17(23-13)14(2)19-18(21)15-5-3-4-6-16(15)20-9-11-22-12-10-20/h3-8,14H,9-12H2,1-2H3,(H,19,21)/t14-/m1/s1. The molecule has 0 bridgehead atoms. The molecular formula is C18H22N2O3. The van der Waals surface area contributed by atoms with Gasteiger partial charge in [-0.15, -0.1) is 0 Å². The molecule has 0 unspecified atom stereocenters. The number of furan rings is 1. The van der Waals surface area contributed by atoms with E-state index >= 15 is 0 Å². The number of nitrogens with one attached hydrogen (secondary N) is 1. The van der Waals surface area contributed by atoms with Gasteiger partial charge in [0, 0.05) is 18.8 Å². The fourth-order valence-electron chi connectivity index (χ4n) is 2.78. The summed E-state index contributed by atoms with van der Waals surface area (Å²) in [4.78, 5) is 14.9. The van der Waals surface area contributed by atoms with Crippen molar-refractivity contribution >= 4 is 11.6 Å². The molecule has 0 spiro atoms. The van der Waals surface area contributed by atoms with Crippen molar-refractivity contribution in [3.8, 4) is 0 Å². The van der Waals surface area contributed by atoms with Gasteiger partial charge in [0.25, 0.3) is 5.91 Å². The van der Waals surface area contributed by atoms with Gasteiger partial charge in [-0.3, -0.25) is 4.79 Å². The molecule has 1 saturated heterocycles. The first-order valence-corrected chi connectivity index (χ1v) is 7.94. The molecule has 23 heavy (non-hydrogen) atoms. The monoisotopic (exact) mass is 314 g/mol. The van der Waals surface area contributed by atoms with E-state index in [2.05, 4.69) is 10.2 Å². The number of aryl methyl sites for hydroxylation is 1. The Hall–Kier alpha value is -2.27. The first kappa shape index (κ1) is 15.6. The van der Waals surface area contributed by atoms with Crippen molar-refractivity contribution in [2.24, 2.45) is 0 Å². The second-order valence-electron chi connectivity index (χ2n) is 5.76. The molecule has 1 atom stereocenters. The molecule has 2 heterocycles. The van der Waals surface area contributed by atoms with Crippen molar-refractivity contribution in [2.45, 2.75) is 19.9 Å². The Bertz CT molecular complexity index is 674. The van der Waals surface area contributed by atoms with Gasteiger partial charge in [-0.1, -0.05) is 12.1 Å². The summed E-state index contributed by atoms with van der Waals surface area (Å²) in [7, 11) is 0. The van der Waals surface area contributed by atoms with E-state index in [-0.39, 0.29) is 11.9 Å². The van der Waals surface area contributed by atoms with Crippen LogP contribution < -0.4 is 10.2 Å². The number of ether oxygens (including phenoxy) is 1. The molecule has 2 aromatic rings. The van der Waals surface area contributed by atoms with Gasteiger partial charge >= 0.3 is 0 Å². The smallest absolute Gasteiger partial charge is 0.253 e. The van der Waals surface area contributed by atoms with Crippen molar-refractivity contribution in [3.05, 3.63) is 53.5 Å². The number of anilines is 1. The SMILES string of the molecule is Cc1ccc([C@@H](C)NC(=O)c2ccccc2N2CCOCC2)o1. The fourth-order valence-corrected chi connectivity index (χ4v) is 2.78. The van der Waals surface area contributed by atoms with Crippen LogP contribution in [0.4, 0.5) is 5.69 Å². The van der Waals surface area contributed by atoms with E-state index in [1.54, 1.807) is 0 Å². The highest BCUT2D eigenvalue weighted by Gasteiger charge is 2.20. The number of morpholine rings is 1. The Balaban J connectivity index is 1.76. The predicted octanol–water partition coefficient (Wildman–Crippen LogP) is 2.92. The quantitative estimate of drug-likeness (QED) is 0.943. The number of para-hydroxylation sites is 1. The van der Waals surface area contributed by atoms with E-state index in [9.17, 15) is 4.79 Å². The zero-order chi connectivity index (χ0) is 16.2. The third-order valence-corrected chi connectivity index (χ3v) is 4.04. The van der Waals surface area contributed by atoms with Gasteiger partial charge in [-0.05, 0) is 38.1 Å². The average molecular weight is 314 g/mol. The topological polar surface area (TPSA) is 54.7 Å².